The molecule has 4 rings (SSSR count). The van der Waals surface area contributed by atoms with Crippen LogP contribution in [-0.2, 0) is 0 Å². The van der Waals surface area contributed by atoms with Gasteiger partial charge in [0.25, 0.3) is 5.91 Å². The summed E-state index contributed by atoms with van der Waals surface area (Å²) in [4.78, 5) is 24.5. The van der Waals surface area contributed by atoms with E-state index in [4.69, 9.17) is 0 Å². The molecule has 2 aromatic rings. The van der Waals surface area contributed by atoms with E-state index in [1.807, 2.05) is 41.6 Å². The third-order valence-electron chi connectivity index (χ3n) is 5.19. The van der Waals surface area contributed by atoms with Gasteiger partial charge in [-0.05, 0) is 43.5 Å². The number of rotatable bonds is 2. The number of amides is 1. The van der Waals surface area contributed by atoms with Crippen LogP contribution in [0.1, 0.15) is 29.8 Å². The number of carbonyl (C=O) groups excluding carboxylic acids is 1. The SMILES string of the molecule is O=C(c1ccc[nH]1)N1CCC2(CCCN(c3ccccn3)C2)C1. The van der Waals surface area contributed by atoms with E-state index in [0.29, 0.717) is 5.69 Å². The number of nitrogens with zero attached hydrogens (tertiary/aromatic N) is 3. The van der Waals surface area contributed by atoms with Crippen molar-refractivity contribution < 1.29 is 4.79 Å². The third-order valence-corrected chi connectivity index (χ3v) is 5.19. The number of pyridine rings is 1. The van der Waals surface area contributed by atoms with E-state index in [9.17, 15) is 4.79 Å². The summed E-state index contributed by atoms with van der Waals surface area (Å²) in [6.45, 7) is 3.77. The van der Waals surface area contributed by atoms with Crippen LogP contribution in [0.15, 0.2) is 42.7 Å². The molecule has 0 aliphatic carbocycles. The summed E-state index contributed by atoms with van der Waals surface area (Å²) in [7, 11) is 0. The minimum atomic E-state index is 0.127. The first-order valence-corrected chi connectivity index (χ1v) is 8.34. The molecule has 1 N–H and O–H groups in total. The number of piperidine rings is 1. The van der Waals surface area contributed by atoms with Crippen LogP contribution in [0.25, 0.3) is 0 Å². The zero-order valence-corrected chi connectivity index (χ0v) is 13.2. The van der Waals surface area contributed by atoms with E-state index >= 15 is 0 Å². The van der Waals surface area contributed by atoms with Crippen LogP contribution in [-0.4, -0.2) is 47.0 Å². The number of nitrogens with one attached hydrogen (secondary N) is 1. The average Bonchev–Trinajstić information content (AvgIpc) is 3.26. The summed E-state index contributed by atoms with van der Waals surface area (Å²) in [5, 5.41) is 0. The Bertz CT molecular complexity index is 670. The maximum absolute atomic E-state index is 12.6. The number of hydrogen-bond donors (Lipinski definition) is 1. The van der Waals surface area contributed by atoms with Crippen molar-refractivity contribution in [2.75, 3.05) is 31.1 Å². The molecule has 2 fully saturated rings. The van der Waals surface area contributed by atoms with Crippen molar-refractivity contribution in [2.24, 2.45) is 5.41 Å². The number of H-pyrrole nitrogens is 1. The van der Waals surface area contributed by atoms with Gasteiger partial charge in [-0.15, -0.1) is 0 Å². The van der Waals surface area contributed by atoms with Crippen molar-refractivity contribution in [3.63, 3.8) is 0 Å². The fourth-order valence-electron chi connectivity index (χ4n) is 4.02. The molecule has 1 unspecified atom stereocenters. The highest BCUT2D eigenvalue weighted by Gasteiger charge is 2.43. The van der Waals surface area contributed by atoms with Gasteiger partial charge in [-0.2, -0.15) is 0 Å². The number of aromatic amines is 1. The molecule has 5 nitrogen and oxygen atoms in total. The van der Waals surface area contributed by atoms with E-state index in [1.165, 1.54) is 12.8 Å². The molecule has 2 aromatic heterocycles. The first kappa shape index (κ1) is 14.3. The molecule has 0 bridgehead atoms. The van der Waals surface area contributed by atoms with Gasteiger partial charge in [0, 0.05) is 44.0 Å². The van der Waals surface area contributed by atoms with E-state index < -0.39 is 0 Å². The van der Waals surface area contributed by atoms with Crippen LogP contribution < -0.4 is 4.90 Å². The summed E-state index contributed by atoms with van der Waals surface area (Å²) in [6.07, 6.45) is 7.11. The van der Waals surface area contributed by atoms with Gasteiger partial charge in [0.15, 0.2) is 0 Å². The van der Waals surface area contributed by atoms with Crippen molar-refractivity contribution >= 4 is 11.7 Å². The topological polar surface area (TPSA) is 52.2 Å². The Morgan fingerprint density at radius 3 is 2.87 bits per heavy atom. The van der Waals surface area contributed by atoms with E-state index in [2.05, 4.69) is 20.9 Å². The Kier molecular flexibility index (Phi) is 3.56. The molecule has 1 spiro atoms. The van der Waals surface area contributed by atoms with Crippen LogP contribution in [0, 0.1) is 5.41 Å². The second kappa shape index (κ2) is 5.72. The molecule has 0 radical (unpaired) electrons. The Hall–Kier alpha value is -2.30. The van der Waals surface area contributed by atoms with E-state index in [0.717, 1.165) is 38.4 Å². The summed E-state index contributed by atoms with van der Waals surface area (Å²) in [5.41, 5.74) is 0.914. The normalized spacial score (nSPS) is 24.3. The second-order valence-corrected chi connectivity index (χ2v) is 6.77. The van der Waals surface area contributed by atoms with Gasteiger partial charge in [-0.1, -0.05) is 6.07 Å². The summed E-state index contributed by atoms with van der Waals surface area (Å²) < 4.78 is 0. The highest BCUT2D eigenvalue weighted by atomic mass is 16.2. The lowest BCUT2D eigenvalue weighted by molar-refractivity contribution is 0.0762. The second-order valence-electron chi connectivity index (χ2n) is 6.77. The minimum absolute atomic E-state index is 0.127. The van der Waals surface area contributed by atoms with Crippen LogP contribution in [0.4, 0.5) is 5.82 Å². The van der Waals surface area contributed by atoms with Crippen molar-refractivity contribution in [1.82, 2.24) is 14.9 Å². The average molecular weight is 310 g/mol. The lowest BCUT2D eigenvalue weighted by Gasteiger charge is -2.41. The van der Waals surface area contributed by atoms with Crippen LogP contribution in [0.2, 0.25) is 0 Å². The van der Waals surface area contributed by atoms with Gasteiger partial charge in [0.05, 0.1) is 0 Å². The standard InChI is InChI=1S/C18H22N4O/c23-17(15-5-3-10-19-15)22-12-8-18(14-22)7-4-11-21(13-18)16-6-1-2-9-20-16/h1-3,5-6,9-10,19H,4,7-8,11-14H2. The zero-order chi connectivity index (χ0) is 15.7. The summed E-state index contributed by atoms with van der Waals surface area (Å²) >= 11 is 0. The number of anilines is 1. The fourth-order valence-corrected chi connectivity index (χ4v) is 4.02. The molecule has 1 amide bonds. The quantitative estimate of drug-likeness (QED) is 0.927. The first-order valence-electron chi connectivity index (χ1n) is 8.34. The van der Waals surface area contributed by atoms with Gasteiger partial charge >= 0.3 is 0 Å². The smallest absolute Gasteiger partial charge is 0.270 e. The largest absolute Gasteiger partial charge is 0.357 e. The molecular formula is C18H22N4O. The molecule has 5 heteroatoms. The van der Waals surface area contributed by atoms with Gasteiger partial charge in [0.1, 0.15) is 11.5 Å². The predicted molar refractivity (Wildman–Crippen MR) is 89.4 cm³/mol. The molecule has 2 saturated heterocycles. The third kappa shape index (κ3) is 2.71. The maximum atomic E-state index is 12.6. The monoisotopic (exact) mass is 310 g/mol. The number of hydrogen-bond acceptors (Lipinski definition) is 3. The van der Waals surface area contributed by atoms with E-state index in [-0.39, 0.29) is 11.3 Å². The molecule has 2 aliphatic rings. The van der Waals surface area contributed by atoms with Crippen molar-refractivity contribution in [2.45, 2.75) is 19.3 Å². The molecule has 120 valence electrons. The lowest BCUT2D eigenvalue weighted by Crippen LogP contribution is -2.45. The maximum Gasteiger partial charge on any atom is 0.270 e. The molecule has 23 heavy (non-hydrogen) atoms. The lowest BCUT2D eigenvalue weighted by atomic mass is 9.79. The molecule has 1 atom stereocenters. The molecule has 0 saturated carbocycles. The number of aromatic nitrogens is 2. The molecule has 0 aromatic carbocycles. The fraction of sp³-hybridized carbons (Fsp3) is 0.444. The van der Waals surface area contributed by atoms with Gasteiger partial charge in [-0.25, -0.2) is 4.98 Å². The van der Waals surface area contributed by atoms with Crippen LogP contribution >= 0.6 is 0 Å². The van der Waals surface area contributed by atoms with Crippen molar-refractivity contribution in [3.8, 4) is 0 Å². The van der Waals surface area contributed by atoms with E-state index in [1.54, 1.807) is 0 Å². The van der Waals surface area contributed by atoms with Gasteiger partial charge < -0.3 is 14.8 Å². The number of carbonyl (C=O) groups is 1. The predicted octanol–water partition coefficient (Wildman–Crippen LogP) is 2.54. The number of likely N-dealkylation sites (tertiary alicyclic amines) is 1. The molecule has 2 aliphatic heterocycles. The first-order chi connectivity index (χ1) is 11.3. The van der Waals surface area contributed by atoms with Crippen molar-refractivity contribution in [1.29, 1.82) is 0 Å². The Morgan fingerprint density at radius 1 is 1.13 bits per heavy atom. The van der Waals surface area contributed by atoms with Crippen LogP contribution in [0.5, 0.6) is 0 Å². The summed E-state index contributed by atoms with van der Waals surface area (Å²) in [6, 6.07) is 9.81. The van der Waals surface area contributed by atoms with Gasteiger partial charge in [0.2, 0.25) is 0 Å². The minimum Gasteiger partial charge on any atom is -0.357 e. The highest BCUT2D eigenvalue weighted by molar-refractivity contribution is 5.92. The highest BCUT2D eigenvalue weighted by Crippen LogP contribution is 2.40. The Morgan fingerprint density at radius 2 is 2.09 bits per heavy atom. The molecular weight excluding hydrogens is 288 g/mol. The van der Waals surface area contributed by atoms with Crippen molar-refractivity contribution in [3.05, 3.63) is 48.4 Å². The zero-order valence-electron chi connectivity index (χ0n) is 13.2. The molecule has 4 heterocycles. The Balaban J connectivity index is 1.48. The Labute approximate surface area is 136 Å². The summed E-state index contributed by atoms with van der Waals surface area (Å²) in [5.74, 6) is 1.18. The van der Waals surface area contributed by atoms with Gasteiger partial charge in [-0.3, -0.25) is 4.79 Å². The van der Waals surface area contributed by atoms with Crippen LogP contribution in [0.3, 0.4) is 0 Å².